The van der Waals surface area contributed by atoms with Crippen molar-refractivity contribution in [1.82, 2.24) is 25.3 Å². The highest BCUT2D eigenvalue weighted by Gasteiger charge is 2.32. The Hall–Kier alpha value is -9.75. The molecule has 38 heteroatoms. The van der Waals surface area contributed by atoms with Gasteiger partial charge in [-0.25, -0.2) is 9.97 Å². The van der Waals surface area contributed by atoms with Crippen LogP contribution in [-0.2, 0) is 11.5 Å². The van der Waals surface area contributed by atoms with Gasteiger partial charge in [0.15, 0.2) is 0 Å². The zero-order chi connectivity index (χ0) is 54.6. The van der Waals surface area contributed by atoms with Crippen molar-refractivity contribution in [3.8, 4) is 17.2 Å². The third-order valence-electron chi connectivity index (χ3n) is 8.53. The zero-order valence-electron chi connectivity index (χ0n) is 36.7. The van der Waals surface area contributed by atoms with Gasteiger partial charge in [-0.05, 0) is 20.8 Å². The molecule has 0 saturated heterocycles. The number of nitro groups is 9. The third kappa shape index (κ3) is 17.4. The number of hydrogen-bond donors (Lipinski definition) is 6. The number of rotatable bonds is 19. The van der Waals surface area contributed by atoms with Crippen LogP contribution in [0.25, 0.3) is 0 Å². The summed E-state index contributed by atoms with van der Waals surface area (Å²) < 4.78 is 0. The third-order valence-corrected chi connectivity index (χ3v) is 10.5. The summed E-state index contributed by atoms with van der Waals surface area (Å²) in [5.41, 5.74) is -4.39. The van der Waals surface area contributed by atoms with Crippen LogP contribution in [0.2, 0.25) is 0 Å². The van der Waals surface area contributed by atoms with Crippen LogP contribution in [0.5, 0.6) is 17.2 Å². The Morgan fingerprint density at radius 2 is 0.792 bits per heavy atom. The second kappa shape index (κ2) is 27.3. The maximum absolute atomic E-state index is 10.4. The summed E-state index contributed by atoms with van der Waals surface area (Å²) in [6, 6.07) is 2.68. The molecule has 0 bridgehead atoms. The fraction of sp³-hybridized carbons (Fsp3) is 0.265. The number of amidine groups is 1. The molecule has 0 aliphatic rings. The Morgan fingerprint density at radius 3 is 1.03 bits per heavy atom. The van der Waals surface area contributed by atoms with Gasteiger partial charge in [-0.3, -0.25) is 96.0 Å². The van der Waals surface area contributed by atoms with Crippen molar-refractivity contribution >= 4 is 80.5 Å². The number of non-ortho nitro benzene ring substituents is 3. The van der Waals surface area contributed by atoms with E-state index in [2.05, 4.69) is 44.1 Å². The van der Waals surface area contributed by atoms with Gasteiger partial charge in [-0.1, -0.05) is 0 Å². The van der Waals surface area contributed by atoms with Crippen molar-refractivity contribution in [2.45, 2.75) is 32.3 Å². The molecule has 0 radical (unpaired) electrons. The van der Waals surface area contributed by atoms with E-state index in [1.54, 1.807) is 12.7 Å². The smallest absolute Gasteiger partial charge is 0.324 e. The predicted octanol–water partition coefficient (Wildman–Crippen LogP) is 6.27. The number of nitrogens with one attached hydrogen (secondary N) is 3. The summed E-state index contributed by atoms with van der Waals surface area (Å²) in [7, 11) is 0. The standard InChI is InChI=1S/C16H26N6S2.3C6H3N3O7/c1-12-15(21-10-19-12)8-23-6-4-17-14(3)18-5-7-24-9-16-13(2)20-11-22-16;3*10-6-4(8(13)14)1-3(7(11)12)2-5(6)9(15)16/h10-11H,4-9H2,1-3H3,(H,17,18)(H,19,21)(H,20,22);3*1-2,10H. The summed E-state index contributed by atoms with van der Waals surface area (Å²) in [5, 5.41) is 124. The van der Waals surface area contributed by atoms with Gasteiger partial charge in [0.05, 0.1) is 111 Å². The molecule has 3 aromatic carbocycles. The number of aromatic hydroxyl groups is 3. The van der Waals surface area contributed by atoms with Crippen molar-refractivity contribution in [1.29, 1.82) is 0 Å². The number of aliphatic imine (C=N–C) groups is 1. The molecule has 36 nitrogen and oxygen atoms in total. The minimum atomic E-state index is -1.21. The average molecular weight is 1050 g/mol. The number of nitro benzene ring substituents is 9. The van der Waals surface area contributed by atoms with Crippen LogP contribution < -0.4 is 5.32 Å². The summed E-state index contributed by atoms with van der Waals surface area (Å²) in [6.45, 7) is 7.92. The monoisotopic (exact) mass is 1050 g/mol. The van der Waals surface area contributed by atoms with Crippen molar-refractivity contribution in [2.75, 3.05) is 24.6 Å². The van der Waals surface area contributed by atoms with E-state index in [0.29, 0.717) is 36.4 Å². The van der Waals surface area contributed by atoms with Crippen molar-refractivity contribution in [3.63, 3.8) is 0 Å². The maximum Gasteiger partial charge on any atom is 0.324 e. The highest BCUT2D eigenvalue weighted by atomic mass is 32.2. The first-order valence-electron chi connectivity index (χ1n) is 19.0. The molecule has 72 heavy (non-hydrogen) atoms. The Bertz CT molecular complexity index is 2590. The SMILES string of the molecule is CC(=NCCSCc1nc[nH]c1C)NCCSCc1nc[nH]c1C.O=[N+]([O-])c1cc([N+](=O)[O-])c(O)c([N+](=O)[O-])c1.O=[N+]([O-])c1cc([N+](=O)[O-])c(O)c([N+](=O)[O-])c1.O=[N+]([O-])c1cc([N+](=O)[O-])c(O)c([N+](=O)[O-])c1. The predicted molar refractivity (Wildman–Crippen MR) is 249 cm³/mol. The number of aromatic nitrogens is 4. The molecule has 2 aromatic heterocycles. The average Bonchev–Trinajstić information content (AvgIpc) is 3.91. The van der Waals surface area contributed by atoms with Crippen LogP contribution in [0.4, 0.5) is 51.2 Å². The number of hydrogen-bond acceptors (Lipinski definition) is 26. The molecule has 0 unspecified atom stereocenters. The highest BCUT2D eigenvalue weighted by molar-refractivity contribution is 7.98. The molecule has 2 heterocycles. The quantitative estimate of drug-likeness (QED) is 0.0174. The molecule has 0 atom stereocenters. The van der Waals surface area contributed by atoms with E-state index in [0.717, 1.165) is 64.7 Å². The maximum atomic E-state index is 10.4. The highest BCUT2D eigenvalue weighted by Crippen LogP contribution is 2.41. The zero-order valence-corrected chi connectivity index (χ0v) is 38.4. The lowest BCUT2D eigenvalue weighted by atomic mass is 10.2. The molecule has 5 aromatic rings. The Kier molecular flexibility index (Phi) is 22.1. The van der Waals surface area contributed by atoms with Gasteiger partial charge in [-0.2, -0.15) is 23.5 Å². The number of phenolic OH excluding ortho intramolecular Hbond substituents is 3. The Balaban J connectivity index is 0.000000335. The number of nitrogens with zero attached hydrogens (tertiary/aromatic N) is 12. The van der Waals surface area contributed by atoms with E-state index < -0.39 is 113 Å². The van der Waals surface area contributed by atoms with E-state index in [-0.39, 0.29) is 0 Å². The van der Waals surface area contributed by atoms with Gasteiger partial charge >= 0.3 is 34.1 Å². The number of H-pyrrole nitrogens is 2. The van der Waals surface area contributed by atoms with E-state index in [4.69, 9.17) is 15.3 Å². The minimum Gasteiger partial charge on any atom is -0.497 e. The molecule has 5 rings (SSSR count). The number of benzene rings is 3. The fourth-order valence-electron chi connectivity index (χ4n) is 4.96. The topological polar surface area (TPSA) is 531 Å². The van der Waals surface area contributed by atoms with Gasteiger partial charge in [0.25, 0.3) is 34.3 Å². The lowest BCUT2D eigenvalue weighted by molar-refractivity contribution is -0.404. The number of phenols is 3. The van der Waals surface area contributed by atoms with Gasteiger partial charge in [0.2, 0.25) is 0 Å². The second-order valence-electron chi connectivity index (χ2n) is 13.3. The van der Waals surface area contributed by atoms with Crippen LogP contribution in [-0.4, -0.2) is 110 Å². The summed E-state index contributed by atoms with van der Waals surface area (Å²) in [5.74, 6) is 1.35. The Labute approximate surface area is 406 Å². The molecule has 0 aliphatic heterocycles. The van der Waals surface area contributed by atoms with Crippen LogP contribution in [0.15, 0.2) is 54.0 Å². The first-order chi connectivity index (χ1) is 33.7. The number of aryl methyl sites for hydroxylation is 2. The minimum absolute atomic E-state index is 0.447. The van der Waals surface area contributed by atoms with Gasteiger partial charge in [0, 0.05) is 47.5 Å². The molecule has 6 N–H and O–H groups in total. The number of thioether (sulfide) groups is 2. The molecule has 0 saturated carbocycles. The molecule has 0 fully saturated rings. The molecule has 0 aliphatic carbocycles. The van der Waals surface area contributed by atoms with Gasteiger partial charge in [0.1, 0.15) is 0 Å². The molecular formula is C34H35N15O21S2. The first-order valence-corrected chi connectivity index (χ1v) is 21.3. The van der Waals surface area contributed by atoms with E-state index in [1.807, 2.05) is 30.4 Å². The van der Waals surface area contributed by atoms with Crippen LogP contribution in [0.3, 0.4) is 0 Å². The lowest BCUT2D eigenvalue weighted by Crippen LogP contribution is -2.23. The normalized spacial score (nSPS) is 10.5. The number of aromatic amines is 2. The van der Waals surface area contributed by atoms with Gasteiger partial charge in [-0.15, -0.1) is 0 Å². The van der Waals surface area contributed by atoms with Crippen molar-refractivity contribution in [3.05, 3.63) is 163 Å². The lowest BCUT2D eigenvalue weighted by Gasteiger charge is -2.06. The van der Waals surface area contributed by atoms with Gasteiger partial charge < -0.3 is 30.6 Å². The Morgan fingerprint density at radius 1 is 0.514 bits per heavy atom. The fourth-order valence-corrected chi connectivity index (χ4v) is 6.69. The van der Waals surface area contributed by atoms with Crippen molar-refractivity contribution < 1.29 is 59.6 Å². The van der Waals surface area contributed by atoms with E-state index in [9.17, 15) is 91.0 Å². The first kappa shape index (κ1) is 58.4. The van der Waals surface area contributed by atoms with E-state index in [1.165, 1.54) is 0 Å². The van der Waals surface area contributed by atoms with Crippen LogP contribution in [0.1, 0.15) is 29.7 Å². The molecule has 0 spiro atoms. The largest absolute Gasteiger partial charge is 0.497 e. The van der Waals surface area contributed by atoms with Crippen molar-refractivity contribution in [2.24, 2.45) is 4.99 Å². The summed E-state index contributed by atoms with van der Waals surface area (Å²) in [4.78, 5) is 103. The molecule has 0 amide bonds. The second-order valence-corrected chi connectivity index (χ2v) is 15.5. The molecule has 384 valence electrons. The summed E-state index contributed by atoms with van der Waals surface area (Å²) >= 11 is 3.75. The van der Waals surface area contributed by atoms with E-state index >= 15 is 0 Å². The summed E-state index contributed by atoms with van der Waals surface area (Å²) in [6.07, 6.45) is 3.51. The number of imidazole rings is 2. The van der Waals surface area contributed by atoms with Crippen LogP contribution >= 0.6 is 23.5 Å². The molecular weight excluding hydrogens is 1020 g/mol. The van der Waals surface area contributed by atoms with Crippen LogP contribution in [0, 0.1) is 105 Å².